The van der Waals surface area contributed by atoms with Crippen LogP contribution in [0.4, 0.5) is 5.82 Å². The zero-order chi connectivity index (χ0) is 12.8. The highest BCUT2D eigenvalue weighted by Gasteiger charge is 2.08. The van der Waals surface area contributed by atoms with Gasteiger partial charge in [0.25, 0.3) is 0 Å². The van der Waals surface area contributed by atoms with E-state index in [9.17, 15) is 0 Å². The van der Waals surface area contributed by atoms with E-state index in [0.717, 1.165) is 46.8 Å². The molecule has 0 amide bonds. The topological polar surface area (TPSA) is 41.1 Å². The molecule has 1 aromatic rings. The fourth-order valence-corrected chi connectivity index (χ4v) is 1.85. The summed E-state index contributed by atoms with van der Waals surface area (Å²) in [6, 6.07) is 0. The lowest BCUT2D eigenvalue weighted by Crippen LogP contribution is -2.17. The normalized spacial score (nSPS) is 10.9. The van der Waals surface area contributed by atoms with Gasteiger partial charge < -0.3 is 10.2 Å². The molecule has 17 heavy (non-hydrogen) atoms. The zero-order valence-electron chi connectivity index (χ0n) is 11.0. The fourth-order valence-electron chi connectivity index (χ4n) is 1.41. The number of hydrogen-bond acceptors (Lipinski definition) is 4. The van der Waals surface area contributed by atoms with E-state index < -0.39 is 0 Å². The summed E-state index contributed by atoms with van der Waals surface area (Å²) in [5.41, 5.74) is 1.06. The van der Waals surface area contributed by atoms with Crippen LogP contribution in [-0.4, -0.2) is 42.1 Å². The van der Waals surface area contributed by atoms with Crippen LogP contribution in [-0.2, 0) is 6.42 Å². The first kappa shape index (κ1) is 14.6. The molecule has 0 saturated carbocycles. The second-order valence-electron chi connectivity index (χ2n) is 4.37. The predicted molar refractivity (Wildman–Crippen MR) is 80.5 cm³/mol. The molecule has 0 atom stereocenters. The minimum atomic E-state index is 0.894. The molecule has 0 radical (unpaired) electrons. The highest BCUT2D eigenvalue weighted by Crippen LogP contribution is 2.18. The number of nitrogens with one attached hydrogen (secondary N) is 1. The predicted octanol–water partition coefficient (Wildman–Crippen LogP) is 2.32. The molecule has 1 aromatic heterocycles. The molecule has 1 N–H and O–H groups in total. The van der Waals surface area contributed by atoms with Gasteiger partial charge in [-0.2, -0.15) is 0 Å². The van der Waals surface area contributed by atoms with Crippen molar-refractivity contribution >= 4 is 28.4 Å². The lowest BCUT2D eigenvalue weighted by atomic mass is 10.3. The van der Waals surface area contributed by atoms with Crippen LogP contribution in [0.3, 0.4) is 0 Å². The molecule has 0 unspecified atom stereocenters. The van der Waals surface area contributed by atoms with Crippen molar-refractivity contribution in [2.45, 2.75) is 26.7 Å². The highest BCUT2D eigenvalue weighted by molar-refractivity contribution is 14.1. The van der Waals surface area contributed by atoms with Gasteiger partial charge >= 0.3 is 0 Å². The maximum absolute atomic E-state index is 4.59. The number of aromatic nitrogens is 2. The van der Waals surface area contributed by atoms with Crippen LogP contribution >= 0.6 is 22.6 Å². The largest absolute Gasteiger partial charge is 0.369 e. The lowest BCUT2D eigenvalue weighted by molar-refractivity contribution is 0.409. The van der Waals surface area contributed by atoms with Gasteiger partial charge in [0.1, 0.15) is 11.6 Å². The maximum Gasteiger partial charge on any atom is 0.143 e. The maximum atomic E-state index is 4.59. The number of rotatable bonds is 6. The van der Waals surface area contributed by atoms with Gasteiger partial charge in [0.05, 0.1) is 9.26 Å². The summed E-state index contributed by atoms with van der Waals surface area (Å²) in [6.07, 6.45) is 2.00. The third kappa shape index (κ3) is 4.75. The van der Waals surface area contributed by atoms with Gasteiger partial charge in [0, 0.05) is 19.5 Å². The van der Waals surface area contributed by atoms with Gasteiger partial charge in [-0.15, -0.1) is 0 Å². The van der Waals surface area contributed by atoms with Crippen LogP contribution in [0.15, 0.2) is 0 Å². The van der Waals surface area contributed by atoms with Crippen LogP contribution in [0.25, 0.3) is 0 Å². The van der Waals surface area contributed by atoms with Crippen LogP contribution in [0.5, 0.6) is 0 Å². The third-order valence-electron chi connectivity index (χ3n) is 2.39. The molecule has 0 aromatic carbocycles. The van der Waals surface area contributed by atoms with Crippen molar-refractivity contribution in [1.29, 1.82) is 0 Å². The Balaban J connectivity index is 2.81. The van der Waals surface area contributed by atoms with Crippen LogP contribution in [0.2, 0.25) is 0 Å². The first-order valence-electron chi connectivity index (χ1n) is 5.96. The Morgan fingerprint density at radius 2 is 2.00 bits per heavy atom. The van der Waals surface area contributed by atoms with Crippen LogP contribution in [0, 0.1) is 10.5 Å². The van der Waals surface area contributed by atoms with Crippen molar-refractivity contribution in [3.05, 3.63) is 15.1 Å². The summed E-state index contributed by atoms with van der Waals surface area (Å²) in [5, 5.41) is 3.36. The van der Waals surface area contributed by atoms with Crippen molar-refractivity contribution in [3.8, 4) is 0 Å². The Morgan fingerprint density at radius 1 is 1.29 bits per heavy atom. The second kappa shape index (κ2) is 7.10. The first-order chi connectivity index (χ1) is 8.04. The number of halogens is 1. The van der Waals surface area contributed by atoms with E-state index in [2.05, 4.69) is 63.8 Å². The SMILES string of the molecule is CCCNc1nc(CCN(C)C)nc(C)c1I. The minimum absolute atomic E-state index is 0.894. The van der Waals surface area contributed by atoms with E-state index in [1.165, 1.54) is 0 Å². The number of nitrogens with zero attached hydrogens (tertiary/aromatic N) is 3. The van der Waals surface area contributed by atoms with E-state index in [0.29, 0.717) is 0 Å². The molecule has 96 valence electrons. The zero-order valence-corrected chi connectivity index (χ0v) is 13.2. The Morgan fingerprint density at radius 3 is 2.59 bits per heavy atom. The van der Waals surface area contributed by atoms with Crippen molar-refractivity contribution in [2.24, 2.45) is 0 Å². The molecule has 0 aliphatic heterocycles. The molecule has 0 saturated heterocycles. The Hall–Kier alpha value is -0.430. The summed E-state index contributed by atoms with van der Waals surface area (Å²) in [5.74, 6) is 1.91. The molecular formula is C12H21IN4. The van der Waals surface area contributed by atoms with E-state index >= 15 is 0 Å². The summed E-state index contributed by atoms with van der Waals surface area (Å²) >= 11 is 2.31. The van der Waals surface area contributed by atoms with Gasteiger partial charge in [0.15, 0.2) is 0 Å². The van der Waals surface area contributed by atoms with Crippen molar-refractivity contribution in [2.75, 3.05) is 32.5 Å². The molecule has 0 bridgehead atoms. The summed E-state index contributed by atoms with van der Waals surface area (Å²) in [7, 11) is 4.13. The van der Waals surface area contributed by atoms with E-state index in [-0.39, 0.29) is 0 Å². The molecule has 0 aliphatic carbocycles. The summed E-state index contributed by atoms with van der Waals surface area (Å²) in [6.45, 7) is 6.13. The monoisotopic (exact) mass is 348 g/mol. The number of anilines is 1. The fraction of sp³-hybridized carbons (Fsp3) is 0.667. The third-order valence-corrected chi connectivity index (χ3v) is 3.68. The number of aryl methyl sites for hydroxylation is 1. The molecule has 1 heterocycles. The minimum Gasteiger partial charge on any atom is -0.369 e. The molecule has 0 aliphatic rings. The standard InChI is InChI=1S/C12H21IN4/c1-5-7-14-12-11(13)9(2)15-10(16-12)6-8-17(3)4/h5-8H2,1-4H3,(H,14,15,16). The van der Waals surface area contributed by atoms with Gasteiger partial charge in [-0.3, -0.25) is 0 Å². The Bertz CT molecular complexity index is 366. The van der Waals surface area contributed by atoms with E-state index in [4.69, 9.17) is 0 Å². The van der Waals surface area contributed by atoms with Crippen LogP contribution < -0.4 is 5.32 Å². The van der Waals surface area contributed by atoms with Crippen LogP contribution in [0.1, 0.15) is 24.9 Å². The average molecular weight is 348 g/mol. The van der Waals surface area contributed by atoms with Gasteiger partial charge in [-0.05, 0) is 50.0 Å². The van der Waals surface area contributed by atoms with E-state index in [1.807, 2.05) is 6.92 Å². The summed E-state index contributed by atoms with van der Waals surface area (Å²) in [4.78, 5) is 11.3. The summed E-state index contributed by atoms with van der Waals surface area (Å²) < 4.78 is 1.13. The molecule has 0 spiro atoms. The van der Waals surface area contributed by atoms with Crippen molar-refractivity contribution < 1.29 is 0 Å². The quantitative estimate of drug-likeness (QED) is 0.801. The van der Waals surface area contributed by atoms with Gasteiger partial charge in [-0.25, -0.2) is 9.97 Å². The lowest BCUT2D eigenvalue weighted by Gasteiger charge is -2.12. The van der Waals surface area contributed by atoms with Gasteiger partial charge in [0.2, 0.25) is 0 Å². The molecule has 1 rings (SSSR count). The Kier molecular flexibility index (Phi) is 6.11. The second-order valence-corrected chi connectivity index (χ2v) is 5.45. The number of hydrogen-bond donors (Lipinski definition) is 1. The number of likely N-dealkylation sites (N-methyl/N-ethyl adjacent to an activating group) is 1. The molecule has 4 nitrogen and oxygen atoms in total. The molecule has 0 fully saturated rings. The smallest absolute Gasteiger partial charge is 0.143 e. The first-order valence-corrected chi connectivity index (χ1v) is 7.04. The van der Waals surface area contributed by atoms with Gasteiger partial charge in [-0.1, -0.05) is 6.92 Å². The van der Waals surface area contributed by atoms with Crippen molar-refractivity contribution in [1.82, 2.24) is 14.9 Å². The highest BCUT2D eigenvalue weighted by atomic mass is 127. The Labute approximate surface area is 117 Å². The molecular weight excluding hydrogens is 327 g/mol. The van der Waals surface area contributed by atoms with E-state index in [1.54, 1.807) is 0 Å². The average Bonchev–Trinajstić information content (AvgIpc) is 2.28. The van der Waals surface area contributed by atoms with Crippen molar-refractivity contribution in [3.63, 3.8) is 0 Å². The molecule has 5 heteroatoms.